The van der Waals surface area contributed by atoms with Crippen LogP contribution in [0.15, 0.2) is 18.1 Å². The second-order valence-corrected chi connectivity index (χ2v) is 10.8. The molecule has 2 aromatic heterocycles. The molecular weight excluding hydrogens is 513 g/mol. The van der Waals surface area contributed by atoms with E-state index in [9.17, 15) is 14.3 Å². The first-order valence-corrected chi connectivity index (χ1v) is 13.5. The van der Waals surface area contributed by atoms with Crippen molar-refractivity contribution in [3.63, 3.8) is 0 Å². The lowest BCUT2D eigenvalue weighted by atomic mass is 10.2. The van der Waals surface area contributed by atoms with Gasteiger partial charge in [0.15, 0.2) is 10.6 Å². The minimum Gasteiger partial charge on any atom is -0.369 e. The molecular formula is C20H28N7O7PS. The standard InChI is InChI=1S/C20H28N7O7PS/c1-11-6-22-20(28)26(7-11)14-4-2-12(33-14)8-31-35(29,30)32-9-13-3-5-15(34-13)27-10-23-16-17(27)24-19(21)25-18(16)36/h7,10,12-15H,2-6,8-9H2,1H3,(H,22,28)(H,29,30)(H3,21,24,25,36)/t12-,13-,14+,15+/m0/s1. The summed E-state index contributed by atoms with van der Waals surface area (Å²) < 4.78 is 36.7. The van der Waals surface area contributed by atoms with E-state index in [2.05, 4.69) is 20.3 Å². The number of fused-ring (bicyclic) bond motifs is 1. The fraction of sp³-hybridized carbons (Fsp3) is 0.600. The van der Waals surface area contributed by atoms with Gasteiger partial charge >= 0.3 is 13.9 Å². The summed E-state index contributed by atoms with van der Waals surface area (Å²) in [4.78, 5) is 34.9. The van der Waals surface area contributed by atoms with Crippen molar-refractivity contribution >= 4 is 43.2 Å². The number of urea groups is 1. The highest BCUT2D eigenvalue weighted by Crippen LogP contribution is 2.45. The molecule has 5 N–H and O–H groups in total. The fourth-order valence-electron chi connectivity index (χ4n) is 4.45. The monoisotopic (exact) mass is 541 g/mol. The van der Waals surface area contributed by atoms with Crippen LogP contribution in [-0.4, -0.2) is 73.5 Å². The highest BCUT2D eigenvalue weighted by Gasteiger charge is 2.36. The van der Waals surface area contributed by atoms with Gasteiger partial charge in [-0.15, -0.1) is 0 Å². The number of H-pyrrole nitrogens is 1. The van der Waals surface area contributed by atoms with Crippen LogP contribution in [0.25, 0.3) is 11.2 Å². The number of phosphoric ester groups is 1. The highest BCUT2D eigenvalue weighted by molar-refractivity contribution is 7.71. The Hall–Kier alpha value is -2.39. The third-order valence-corrected chi connectivity index (χ3v) is 7.45. The molecule has 0 radical (unpaired) electrons. The quantitative estimate of drug-likeness (QED) is 0.285. The Bertz CT molecular complexity index is 1280. The number of hydrogen-bond acceptors (Lipinski definition) is 10. The lowest BCUT2D eigenvalue weighted by molar-refractivity contribution is -0.0432. The maximum atomic E-state index is 12.4. The Kier molecular flexibility index (Phi) is 7.14. The molecule has 5 rings (SSSR count). The Labute approximate surface area is 211 Å². The van der Waals surface area contributed by atoms with Crippen molar-refractivity contribution in [2.75, 3.05) is 25.5 Å². The first-order chi connectivity index (χ1) is 17.2. The largest absolute Gasteiger partial charge is 0.472 e. The van der Waals surface area contributed by atoms with E-state index in [4.69, 9.17) is 36.5 Å². The van der Waals surface area contributed by atoms with E-state index in [1.54, 1.807) is 17.1 Å². The summed E-state index contributed by atoms with van der Waals surface area (Å²) >= 11 is 5.20. The number of phosphoric acid groups is 1. The third-order valence-electron chi connectivity index (χ3n) is 6.22. The average Bonchev–Trinajstić information content (AvgIpc) is 3.57. The molecule has 2 aromatic rings. The van der Waals surface area contributed by atoms with E-state index in [0.29, 0.717) is 48.0 Å². The second kappa shape index (κ2) is 10.2. The summed E-state index contributed by atoms with van der Waals surface area (Å²) in [6, 6.07) is -0.232. The van der Waals surface area contributed by atoms with Crippen molar-refractivity contribution in [1.82, 2.24) is 29.7 Å². The SMILES string of the molecule is CC1=CN([C@H]2CC[C@@H](COP(=O)(O)OC[C@@H]3CC[C@H](n4cnc5c(=S)nc(N)[nH]c54)O3)O2)C(=O)NC1. The number of aromatic amines is 1. The van der Waals surface area contributed by atoms with Gasteiger partial charge in [0.2, 0.25) is 0 Å². The van der Waals surface area contributed by atoms with Gasteiger partial charge in [-0.05, 0) is 38.2 Å². The lowest BCUT2D eigenvalue weighted by Gasteiger charge is -2.29. The number of nitrogens with one attached hydrogen (secondary N) is 2. The van der Waals surface area contributed by atoms with Crippen molar-refractivity contribution in [3.05, 3.63) is 22.7 Å². The molecule has 3 aliphatic heterocycles. The topological polar surface area (TPSA) is 179 Å². The predicted molar refractivity (Wildman–Crippen MR) is 129 cm³/mol. The molecule has 0 spiro atoms. The van der Waals surface area contributed by atoms with Crippen molar-refractivity contribution in [3.8, 4) is 0 Å². The van der Waals surface area contributed by atoms with Crippen LogP contribution in [0.1, 0.15) is 38.8 Å². The zero-order valence-corrected chi connectivity index (χ0v) is 21.2. The van der Waals surface area contributed by atoms with Crippen molar-refractivity contribution < 1.29 is 32.8 Å². The Morgan fingerprint density at radius 2 is 1.89 bits per heavy atom. The van der Waals surface area contributed by atoms with Crippen LogP contribution in [-0.2, 0) is 23.1 Å². The van der Waals surface area contributed by atoms with Gasteiger partial charge < -0.3 is 30.4 Å². The van der Waals surface area contributed by atoms with E-state index in [0.717, 1.165) is 5.57 Å². The molecule has 0 aromatic carbocycles. The lowest BCUT2D eigenvalue weighted by Crippen LogP contribution is -2.46. The molecule has 0 bridgehead atoms. The van der Waals surface area contributed by atoms with Gasteiger partial charge in [0.1, 0.15) is 23.6 Å². The molecule has 16 heteroatoms. The first kappa shape index (κ1) is 25.3. The second-order valence-electron chi connectivity index (χ2n) is 8.96. The van der Waals surface area contributed by atoms with Crippen molar-refractivity contribution in [1.29, 1.82) is 0 Å². The minimum absolute atomic E-state index is 0.122. The van der Waals surface area contributed by atoms with Crippen LogP contribution in [0.5, 0.6) is 0 Å². The number of rotatable bonds is 8. The van der Waals surface area contributed by atoms with Crippen LogP contribution < -0.4 is 11.1 Å². The van der Waals surface area contributed by atoms with Crippen LogP contribution in [0, 0.1) is 4.64 Å². The maximum Gasteiger partial charge on any atom is 0.472 e. The zero-order valence-electron chi connectivity index (χ0n) is 19.5. The van der Waals surface area contributed by atoms with Gasteiger partial charge in [-0.1, -0.05) is 12.2 Å². The van der Waals surface area contributed by atoms with Crippen LogP contribution >= 0.6 is 20.0 Å². The van der Waals surface area contributed by atoms with Crippen LogP contribution in [0.4, 0.5) is 10.7 Å². The zero-order chi connectivity index (χ0) is 25.4. The number of ether oxygens (including phenoxy) is 2. The van der Waals surface area contributed by atoms with E-state index in [1.165, 1.54) is 4.90 Å². The van der Waals surface area contributed by atoms with E-state index in [1.807, 2.05) is 6.92 Å². The predicted octanol–water partition coefficient (Wildman–Crippen LogP) is 2.32. The van der Waals surface area contributed by atoms with Crippen molar-refractivity contribution in [2.45, 2.75) is 57.3 Å². The number of hydrogen-bond donors (Lipinski definition) is 4. The number of nitrogens with two attached hydrogens (primary N) is 1. The van der Waals surface area contributed by atoms with Gasteiger partial charge in [-0.25, -0.2) is 19.3 Å². The van der Waals surface area contributed by atoms with Gasteiger partial charge in [0, 0.05) is 12.7 Å². The maximum absolute atomic E-state index is 12.4. The van der Waals surface area contributed by atoms with Gasteiger partial charge in [-0.3, -0.25) is 18.5 Å². The summed E-state index contributed by atoms with van der Waals surface area (Å²) in [5.74, 6) is 0.175. The average molecular weight is 542 g/mol. The Morgan fingerprint density at radius 1 is 1.22 bits per heavy atom. The number of carbonyl (C=O) groups is 1. The van der Waals surface area contributed by atoms with Gasteiger partial charge in [-0.2, -0.15) is 0 Å². The summed E-state index contributed by atoms with van der Waals surface area (Å²) in [7, 11) is -4.33. The summed E-state index contributed by atoms with van der Waals surface area (Å²) in [5.41, 5.74) is 7.88. The number of amides is 2. The number of nitrogen functional groups attached to an aromatic ring is 1. The molecule has 2 fully saturated rings. The molecule has 3 aliphatic rings. The molecule has 196 valence electrons. The molecule has 36 heavy (non-hydrogen) atoms. The number of anilines is 1. The van der Waals surface area contributed by atoms with E-state index < -0.39 is 26.3 Å². The Morgan fingerprint density at radius 3 is 2.61 bits per heavy atom. The van der Waals surface area contributed by atoms with Crippen LogP contribution in [0.2, 0.25) is 0 Å². The summed E-state index contributed by atoms with van der Waals surface area (Å²) in [5, 5.41) is 2.77. The van der Waals surface area contributed by atoms with E-state index in [-0.39, 0.29) is 31.4 Å². The van der Waals surface area contributed by atoms with E-state index >= 15 is 0 Å². The normalized spacial score (nSPS) is 28.3. The number of aromatic nitrogens is 4. The molecule has 1 unspecified atom stereocenters. The molecule has 14 nitrogen and oxygen atoms in total. The Balaban J connectivity index is 1.09. The smallest absolute Gasteiger partial charge is 0.369 e. The summed E-state index contributed by atoms with van der Waals surface area (Å²) in [6.07, 6.45) is 4.08. The molecule has 2 saturated heterocycles. The van der Waals surface area contributed by atoms with Gasteiger partial charge in [0.05, 0.1) is 31.7 Å². The third kappa shape index (κ3) is 5.47. The summed E-state index contributed by atoms with van der Waals surface area (Å²) in [6.45, 7) is 2.16. The number of nitrogens with zero attached hydrogens (tertiary/aromatic N) is 4. The van der Waals surface area contributed by atoms with Gasteiger partial charge in [0.25, 0.3) is 0 Å². The molecule has 2 amide bonds. The number of imidazole rings is 1. The fourth-order valence-corrected chi connectivity index (χ4v) is 5.48. The molecule has 5 atom stereocenters. The molecule has 0 saturated carbocycles. The minimum atomic E-state index is -4.33. The first-order valence-electron chi connectivity index (χ1n) is 11.6. The highest BCUT2D eigenvalue weighted by atomic mass is 32.1. The van der Waals surface area contributed by atoms with Crippen molar-refractivity contribution in [2.24, 2.45) is 0 Å². The molecule has 0 aliphatic carbocycles. The number of carbonyl (C=O) groups excluding carboxylic acids is 1. The molecule has 5 heterocycles. The van der Waals surface area contributed by atoms with Crippen LogP contribution in [0.3, 0.4) is 0 Å².